The van der Waals surface area contributed by atoms with Gasteiger partial charge in [0.15, 0.2) is 0 Å². The molecule has 0 atom stereocenters. The Morgan fingerprint density at radius 2 is 2.12 bits per heavy atom. The van der Waals surface area contributed by atoms with Gasteiger partial charge in [-0.05, 0) is 38.1 Å². The minimum Gasteiger partial charge on any atom is -0.494 e. The van der Waals surface area contributed by atoms with Crippen LogP contribution in [0.5, 0.6) is 5.75 Å². The third-order valence-corrected chi connectivity index (χ3v) is 2.50. The molecule has 3 nitrogen and oxygen atoms in total. The summed E-state index contributed by atoms with van der Waals surface area (Å²) in [7, 11) is 2.08. The van der Waals surface area contributed by atoms with E-state index >= 15 is 0 Å². The molecule has 2 N–H and O–H groups in total. The highest BCUT2D eigenvalue weighted by molar-refractivity contribution is 5.36. The van der Waals surface area contributed by atoms with E-state index in [4.69, 9.17) is 10.5 Å². The Labute approximate surface area is 98.2 Å². The molecule has 0 aliphatic rings. The summed E-state index contributed by atoms with van der Waals surface area (Å²) in [5, 5.41) is 0. The van der Waals surface area contributed by atoms with E-state index in [9.17, 15) is 0 Å². The summed E-state index contributed by atoms with van der Waals surface area (Å²) in [5.41, 5.74) is 8.01. The molecule has 1 rings (SSSR count). The van der Waals surface area contributed by atoms with Crippen molar-refractivity contribution in [2.24, 2.45) is 5.73 Å². The molecule has 0 aliphatic heterocycles. The number of ether oxygens (including phenoxy) is 1. The number of nitrogens with zero attached hydrogens (tertiary/aromatic N) is 1. The molecule has 0 saturated carbocycles. The zero-order chi connectivity index (χ0) is 12.0. The first-order valence-electron chi connectivity index (χ1n) is 5.78. The molecule has 0 heterocycles. The van der Waals surface area contributed by atoms with Crippen molar-refractivity contribution < 1.29 is 4.74 Å². The van der Waals surface area contributed by atoms with Gasteiger partial charge in [-0.25, -0.2) is 0 Å². The quantitative estimate of drug-likeness (QED) is 0.797. The molecule has 1 aromatic rings. The number of likely N-dealkylation sites (N-methyl/N-ethyl adjacent to an activating group) is 1. The summed E-state index contributed by atoms with van der Waals surface area (Å²) in [5.74, 6) is 0.979. The van der Waals surface area contributed by atoms with E-state index in [0.717, 1.165) is 18.8 Å². The molecule has 0 spiro atoms. The Kier molecular flexibility index (Phi) is 5.29. The molecule has 90 valence electrons. The first-order chi connectivity index (χ1) is 7.67. The fourth-order valence-corrected chi connectivity index (χ4v) is 1.74. The molecule has 0 fully saturated rings. The van der Waals surface area contributed by atoms with E-state index in [1.165, 1.54) is 11.1 Å². The van der Waals surface area contributed by atoms with Gasteiger partial charge in [0.1, 0.15) is 5.75 Å². The van der Waals surface area contributed by atoms with Crippen LogP contribution in [0.25, 0.3) is 0 Å². The van der Waals surface area contributed by atoms with Crippen LogP contribution in [-0.2, 0) is 6.54 Å². The van der Waals surface area contributed by atoms with E-state index in [2.05, 4.69) is 31.0 Å². The fraction of sp³-hybridized carbons (Fsp3) is 0.538. The maximum absolute atomic E-state index is 5.51. The third kappa shape index (κ3) is 3.83. The summed E-state index contributed by atoms with van der Waals surface area (Å²) in [6.07, 6.45) is 0. The molecule has 0 unspecified atom stereocenters. The van der Waals surface area contributed by atoms with Gasteiger partial charge in [0, 0.05) is 19.6 Å². The van der Waals surface area contributed by atoms with Gasteiger partial charge in [0.2, 0.25) is 0 Å². The highest BCUT2D eigenvalue weighted by atomic mass is 16.5. The maximum atomic E-state index is 5.51. The number of hydrogen-bond acceptors (Lipinski definition) is 3. The van der Waals surface area contributed by atoms with Crippen LogP contribution >= 0.6 is 0 Å². The van der Waals surface area contributed by atoms with Crippen molar-refractivity contribution in [1.29, 1.82) is 0 Å². The minimum atomic E-state index is 0.701. The molecule has 3 heteroatoms. The summed E-state index contributed by atoms with van der Waals surface area (Å²) in [6.45, 7) is 7.36. The molecule has 0 aliphatic carbocycles. The number of rotatable bonds is 6. The van der Waals surface area contributed by atoms with Crippen LogP contribution in [0.3, 0.4) is 0 Å². The lowest BCUT2D eigenvalue weighted by molar-refractivity contribution is 0.331. The predicted molar refractivity (Wildman–Crippen MR) is 67.7 cm³/mol. The molecule has 0 radical (unpaired) electrons. The van der Waals surface area contributed by atoms with Crippen molar-refractivity contribution in [3.05, 3.63) is 29.3 Å². The topological polar surface area (TPSA) is 38.5 Å². The van der Waals surface area contributed by atoms with Crippen LogP contribution in [0.2, 0.25) is 0 Å². The van der Waals surface area contributed by atoms with Crippen LogP contribution in [0.15, 0.2) is 18.2 Å². The zero-order valence-electron chi connectivity index (χ0n) is 10.5. The average molecular weight is 222 g/mol. The van der Waals surface area contributed by atoms with Crippen molar-refractivity contribution in [2.75, 3.05) is 26.7 Å². The highest BCUT2D eigenvalue weighted by Crippen LogP contribution is 2.19. The van der Waals surface area contributed by atoms with Gasteiger partial charge in [-0.3, -0.25) is 0 Å². The van der Waals surface area contributed by atoms with Crippen LogP contribution in [0.1, 0.15) is 18.1 Å². The van der Waals surface area contributed by atoms with Crippen LogP contribution in [-0.4, -0.2) is 31.6 Å². The summed E-state index contributed by atoms with van der Waals surface area (Å²) < 4.78 is 5.51. The Balaban J connectivity index is 2.65. The number of aryl methyl sites for hydroxylation is 1. The smallest absolute Gasteiger partial charge is 0.122 e. The zero-order valence-corrected chi connectivity index (χ0v) is 10.5. The molecule has 16 heavy (non-hydrogen) atoms. The minimum absolute atomic E-state index is 0.701. The van der Waals surface area contributed by atoms with Crippen LogP contribution < -0.4 is 10.5 Å². The van der Waals surface area contributed by atoms with Crippen LogP contribution in [0, 0.1) is 6.92 Å². The summed E-state index contributed by atoms with van der Waals surface area (Å²) >= 11 is 0. The second-order valence-corrected chi connectivity index (χ2v) is 4.06. The van der Waals surface area contributed by atoms with E-state index in [-0.39, 0.29) is 0 Å². The van der Waals surface area contributed by atoms with E-state index in [1.54, 1.807) is 0 Å². The van der Waals surface area contributed by atoms with Crippen molar-refractivity contribution in [3.63, 3.8) is 0 Å². The Hall–Kier alpha value is -1.06. The molecular weight excluding hydrogens is 200 g/mol. The van der Waals surface area contributed by atoms with Crippen molar-refractivity contribution in [1.82, 2.24) is 4.90 Å². The van der Waals surface area contributed by atoms with Crippen molar-refractivity contribution in [3.8, 4) is 5.75 Å². The maximum Gasteiger partial charge on any atom is 0.122 e. The first-order valence-corrected chi connectivity index (χ1v) is 5.78. The molecule has 0 saturated heterocycles. The van der Waals surface area contributed by atoms with E-state index in [1.807, 2.05) is 13.0 Å². The monoisotopic (exact) mass is 222 g/mol. The van der Waals surface area contributed by atoms with Gasteiger partial charge in [-0.2, -0.15) is 0 Å². The van der Waals surface area contributed by atoms with E-state index < -0.39 is 0 Å². The average Bonchev–Trinajstić information content (AvgIpc) is 2.22. The summed E-state index contributed by atoms with van der Waals surface area (Å²) in [4.78, 5) is 2.22. The fourth-order valence-electron chi connectivity index (χ4n) is 1.74. The van der Waals surface area contributed by atoms with E-state index in [0.29, 0.717) is 13.2 Å². The Bertz CT molecular complexity index is 326. The largest absolute Gasteiger partial charge is 0.494 e. The van der Waals surface area contributed by atoms with Gasteiger partial charge in [0.05, 0.1) is 6.61 Å². The Morgan fingerprint density at radius 1 is 1.38 bits per heavy atom. The van der Waals surface area contributed by atoms with Gasteiger partial charge in [-0.15, -0.1) is 0 Å². The lowest BCUT2D eigenvalue weighted by Gasteiger charge is -2.16. The van der Waals surface area contributed by atoms with Gasteiger partial charge >= 0.3 is 0 Å². The van der Waals surface area contributed by atoms with Gasteiger partial charge < -0.3 is 15.4 Å². The number of hydrogen-bond donors (Lipinski definition) is 1. The summed E-state index contributed by atoms with van der Waals surface area (Å²) in [6, 6.07) is 6.34. The number of benzene rings is 1. The molecule has 0 bridgehead atoms. The van der Waals surface area contributed by atoms with Crippen molar-refractivity contribution in [2.45, 2.75) is 20.4 Å². The lowest BCUT2D eigenvalue weighted by Crippen LogP contribution is -2.24. The Morgan fingerprint density at radius 3 is 2.69 bits per heavy atom. The SMILES string of the molecule is CCOc1ccc(CN(C)CCN)cc1C. The second kappa shape index (κ2) is 6.51. The normalized spacial score (nSPS) is 10.8. The molecule has 1 aromatic carbocycles. The van der Waals surface area contributed by atoms with Gasteiger partial charge in [0.25, 0.3) is 0 Å². The second-order valence-electron chi connectivity index (χ2n) is 4.06. The standard InChI is InChI=1S/C13H22N2O/c1-4-16-13-6-5-12(9-11(13)2)10-15(3)8-7-14/h5-6,9H,4,7-8,10,14H2,1-3H3. The molecular formula is C13H22N2O. The predicted octanol–water partition coefficient (Wildman–Crippen LogP) is 1.78. The number of nitrogens with two attached hydrogens (primary N) is 1. The molecule has 0 aromatic heterocycles. The third-order valence-electron chi connectivity index (χ3n) is 2.50. The van der Waals surface area contributed by atoms with Gasteiger partial charge in [-0.1, -0.05) is 12.1 Å². The first kappa shape index (κ1) is 13.0. The molecule has 0 amide bonds. The van der Waals surface area contributed by atoms with Crippen molar-refractivity contribution >= 4 is 0 Å². The lowest BCUT2D eigenvalue weighted by atomic mass is 10.1. The van der Waals surface area contributed by atoms with Crippen LogP contribution in [0.4, 0.5) is 0 Å². The highest BCUT2D eigenvalue weighted by Gasteiger charge is 2.03.